The van der Waals surface area contributed by atoms with Crippen LogP contribution in [-0.2, 0) is 7.05 Å². The SMILES string of the molecule is CB1N(C)c2cccc(C)c2-c2n(C)c3ccccc3[n+]21. The Hall–Kier alpha value is -2.23. The van der Waals surface area contributed by atoms with Crippen molar-refractivity contribution < 1.29 is 4.48 Å². The smallest absolute Gasteiger partial charge is 0.377 e. The van der Waals surface area contributed by atoms with Gasteiger partial charge in [0, 0.05) is 5.69 Å². The number of para-hydroxylation sites is 2. The summed E-state index contributed by atoms with van der Waals surface area (Å²) in [5.41, 5.74) is 6.56. The fraction of sp³-hybridized carbons (Fsp3) is 0.235. The van der Waals surface area contributed by atoms with Crippen LogP contribution in [0.4, 0.5) is 5.69 Å². The van der Waals surface area contributed by atoms with Crippen molar-refractivity contribution in [3.05, 3.63) is 48.0 Å². The standard InChI is InChI=1S/C17H19BN3/c1-12-8-7-11-15-16(12)17-19(3)13-9-5-6-10-14(13)21(17)18(2)20(15)4/h5-11H,1-4H3/q+1. The summed E-state index contributed by atoms with van der Waals surface area (Å²) in [4.78, 5) is 2.36. The molecular formula is C17H19BN3+. The number of nitrogens with zero attached hydrogens (tertiary/aromatic N) is 3. The second kappa shape index (κ2) is 4.14. The molecule has 4 heteroatoms. The molecule has 3 nitrogen and oxygen atoms in total. The van der Waals surface area contributed by atoms with Gasteiger partial charge in [-0.05, 0) is 44.6 Å². The summed E-state index contributed by atoms with van der Waals surface area (Å²) < 4.78 is 4.77. The lowest BCUT2D eigenvalue weighted by molar-refractivity contribution is -0.497. The summed E-state index contributed by atoms with van der Waals surface area (Å²) in [7, 11) is 4.35. The summed E-state index contributed by atoms with van der Waals surface area (Å²) >= 11 is 0. The van der Waals surface area contributed by atoms with Gasteiger partial charge in [0.1, 0.15) is 0 Å². The number of aromatic nitrogens is 2. The molecule has 0 saturated carbocycles. The van der Waals surface area contributed by atoms with Crippen molar-refractivity contribution >= 4 is 23.7 Å². The fourth-order valence-electron chi connectivity index (χ4n) is 3.62. The molecule has 2 aromatic carbocycles. The van der Waals surface area contributed by atoms with E-state index in [0.717, 1.165) is 0 Å². The zero-order valence-electron chi connectivity index (χ0n) is 13.0. The summed E-state index contributed by atoms with van der Waals surface area (Å²) in [6.07, 6.45) is 0. The molecule has 104 valence electrons. The van der Waals surface area contributed by atoms with Crippen LogP contribution in [0.3, 0.4) is 0 Å². The quantitative estimate of drug-likeness (QED) is 0.575. The predicted octanol–water partition coefficient (Wildman–Crippen LogP) is 2.86. The van der Waals surface area contributed by atoms with E-state index in [1.807, 2.05) is 0 Å². The van der Waals surface area contributed by atoms with Crippen LogP contribution in [0.5, 0.6) is 0 Å². The molecule has 0 unspecified atom stereocenters. The molecule has 0 fully saturated rings. The maximum atomic E-state index is 2.45. The van der Waals surface area contributed by atoms with Crippen molar-refractivity contribution in [2.45, 2.75) is 13.7 Å². The van der Waals surface area contributed by atoms with E-state index < -0.39 is 0 Å². The molecule has 1 aliphatic rings. The Kier molecular flexibility index (Phi) is 2.46. The van der Waals surface area contributed by atoms with E-state index >= 15 is 0 Å². The van der Waals surface area contributed by atoms with Crippen LogP contribution in [0.1, 0.15) is 5.56 Å². The first-order valence-electron chi connectivity index (χ1n) is 7.43. The van der Waals surface area contributed by atoms with E-state index in [-0.39, 0.29) is 0 Å². The molecule has 4 rings (SSSR count). The van der Waals surface area contributed by atoms with E-state index in [4.69, 9.17) is 0 Å². The molecule has 0 saturated heterocycles. The van der Waals surface area contributed by atoms with Gasteiger partial charge in [0.2, 0.25) is 0 Å². The zero-order chi connectivity index (χ0) is 14.7. The van der Waals surface area contributed by atoms with Crippen LogP contribution < -0.4 is 9.29 Å². The van der Waals surface area contributed by atoms with Crippen LogP contribution in [0.25, 0.3) is 22.4 Å². The molecule has 0 aliphatic carbocycles. The number of hydrogen-bond acceptors (Lipinski definition) is 1. The Bertz CT molecular complexity index is 866. The lowest BCUT2D eigenvalue weighted by Crippen LogP contribution is -2.62. The number of hydrogen-bond donors (Lipinski definition) is 0. The normalized spacial score (nSPS) is 13.5. The molecule has 0 spiro atoms. The number of rotatable bonds is 0. The molecule has 2 heterocycles. The third-order valence-electron chi connectivity index (χ3n) is 4.84. The van der Waals surface area contributed by atoms with Crippen molar-refractivity contribution in [3.63, 3.8) is 0 Å². The van der Waals surface area contributed by atoms with E-state index in [2.05, 4.69) is 84.2 Å². The molecule has 0 bridgehead atoms. The Morgan fingerprint density at radius 3 is 2.57 bits per heavy atom. The van der Waals surface area contributed by atoms with E-state index in [9.17, 15) is 0 Å². The molecule has 1 aliphatic heterocycles. The molecule has 1 aromatic heterocycles. The van der Waals surface area contributed by atoms with Gasteiger partial charge in [0.15, 0.2) is 11.0 Å². The second-order valence-electron chi connectivity index (χ2n) is 5.95. The maximum Gasteiger partial charge on any atom is 0.498 e. The van der Waals surface area contributed by atoms with E-state index in [1.165, 1.54) is 33.7 Å². The largest absolute Gasteiger partial charge is 0.498 e. The van der Waals surface area contributed by atoms with Gasteiger partial charge in [-0.15, -0.1) is 0 Å². The lowest BCUT2D eigenvalue weighted by Gasteiger charge is -2.29. The van der Waals surface area contributed by atoms with Gasteiger partial charge in [0.05, 0.1) is 12.6 Å². The average Bonchev–Trinajstić information content (AvgIpc) is 2.79. The summed E-state index contributed by atoms with van der Waals surface area (Å²) in [5.74, 6) is 1.30. The van der Waals surface area contributed by atoms with Crippen molar-refractivity contribution in [2.75, 3.05) is 11.9 Å². The molecule has 3 aromatic rings. The topological polar surface area (TPSA) is 12.1 Å². The number of fused-ring (bicyclic) bond motifs is 5. The third kappa shape index (κ3) is 1.47. The fourth-order valence-corrected chi connectivity index (χ4v) is 3.62. The lowest BCUT2D eigenvalue weighted by atomic mass is 9.73. The van der Waals surface area contributed by atoms with Gasteiger partial charge < -0.3 is 4.81 Å². The number of benzene rings is 2. The average molecular weight is 276 g/mol. The van der Waals surface area contributed by atoms with E-state index in [1.54, 1.807) is 0 Å². The van der Waals surface area contributed by atoms with Crippen molar-refractivity contribution in [1.82, 2.24) is 4.57 Å². The van der Waals surface area contributed by atoms with Crippen LogP contribution >= 0.6 is 0 Å². The number of imidazole rings is 1. The first-order chi connectivity index (χ1) is 10.1. The van der Waals surface area contributed by atoms with Gasteiger partial charge in [-0.3, -0.25) is 4.48 Å². The van der Waals surface area contributed by atoms with Gasteiger partial charge in [0.25, 0.3) is 5.82 Å². The Balaban J connectivity index is 2.22. The monoisotopic (exact) mass is 276 g/mol. The van der Waals surface area contributed by atoms with Crippen molar-refractivity contribution in [1.29, 1.82) is 0 Å². The van der Waals surface area contributed by atoms with Crippen LogP contribution in [-0.4, -0.2) is 18.6 Å². The highest BCUT2D eigenvalue weighted by atomic mass is 15.2. The second-order valence-corrected chi connectivity index (χ2v) is 5.95. The van der Waals surface area contributed by atoms with Gasteiger partial charge in [-0.2, -0.15) is 0 Å². The van der Waals surface area contributed by atoms with Crippen molar-refractivity contribution in [2.24, 2.45) is 7.05 Å². The highest BCUT2D eigenvalue weighted by Crippen LogP contribution is 2.36. The minimum absolute atomic E-state index is 0.306. The summed E-state index contributed by atoms with van der Waals surface area (Å²) in [6.45, 7) is 4.77. The maximum absolute atomic E-state index is 2.45. The highest BCUT2D eigenvalue weighted by Gasteiger charge is 2.40. The minimum atomic E-state index is 0.306. The predicted molar refractivity (Wildman–Crippen MR) is 88.7 cm³/mol. The first-order valence-corrected chi connectivity index (χ1v) is 7.43. The third-order valence-corrected chi connectivity index (χ3v) is 4.84. The first kappa shape index (κ1) is 12.5. The molecular weight excluding hydrogens is 257 g/mol. The van der Waals surface area contributed by atoms with Gasteiger partial charge >= 0.3 is 6.98 Å². The van der Waals surface area contributed by atoms with Crippen LogP contribution in [0, 0.1) is 6.92 Å². The number of aryl methyl sites for hydroxylation is 2. The Morgan fingerprint density at radius 1 is 1.00 bits per heavy atom. The molecule has 0 radical (unpaired) electrons. The van der Waals surface area contributed by atoms with E-state index in [0.29, 0.717) is 6.98 Å². The van der Waals surface area contributed by atoms with Gasteiger partial charge in [-0.25, -0.2) is 4.57 Å². The van der Waals surface area contributed by atoms with Crippen LogP contribution in [0.15, 0.2) is 42.5 Å². The van der Waals surface area contributed by atoms with Crippen molar-refractivity contribution in [3.8, 4) is 11.4 Å². The van der Waals surface area contributed by atoms with Gasteiger partial charge in [-0.1, -0.05) is 24.3 Å². The molecule has 0 amide bonds. The van der Waals surface area contributed by atoms with Crippen LogP contribution in [0.2, 0.25) is 6.82 Å². The molecule has 21 heavy (non-hydrogen) atoms. The molecule has 0 atom stereocenters. The molecule has 0 N–H and O–H groups in total. The summed E-state index contributed by atoms with van der Waals surface area (Å²) in [5, 5.41) is 0. The number of anilines is 1. The Morgan fingerprint density at radius 2 is 1.76 bits per heavy atom. The Labute approximate surface area is 125 Å². The summed E-state index contributed by atoms with van der Waals surface area (Å²) in [6, 6.07) is 15.2. The zero-order valence-corrected chi connectivity index (χ0v) is 13.0. The minimum Gasteiger partial charge on any atom is -0.377 e. The highest BCUT2D eigenvalue weighted by molar-refractivity contribution is 6.54.